The Morgan fingerprint density at radius 2 is 1.39 bits per heavy atom. The Hall–Kier alpha value is -3.25. The Bertz CT molecular complexity index is 1130. The summed E-state index contributed by atoms with van der Waals surface area (Å²) in [6.45, 7) is 1.33. The quantitative estimate of drug-likeness (QED) is 0.333. The molecule has 0 fully saturated rings. The standard InChI is InChI=1S/C25H23BrN2O3/c1-30-20-10-6-17(7-11-20)15-28(16-18-8-12-21(31-2)13-9-18)23-14-19-4-3-5-22(29)24(19)25(26)27-23/h3-14,29H,15-16H2,1-2H3. The number of hydrogen-bond donors (Lipinski definition) is 1. The van der Waals surface area contributed by atoms with Gasteiger partial charge in [-0.15, -0.1) is 0 Å². The second-order valence-corrected chi connectivity index (χ2v) is 7.95. The van der Waals surface area contributed by atoms with E-state index in [1.165, 1.54) is 0 Å². The Labute approximate surface area is 190 Å². The summed E-state index contributed by atoms with van der Waals surface area (Å²) in [4.78, 5) is 6.96. The molecule has 6 heteroatoms. The topological polar surface area (TPSA) is 54.8 Å². The average molecular weight is 479 g/mol. The number of methoxy groups -OCH3 is 2. The first-order valence-corrected chi connectivity index (χ1v) is 10.7. The van der Waals surface area contributed by atoms with Crippen molar-refractivity contribution in [1.29, 1.82) is 0 Å². The van der Waals surface area contributed by atoms with Crippen molar-refractivity contribution in [3.63, 3.8) is 0 Å². The lowest BCUT2D eigenvalue weighted by Gasteiger charge is -2.25. The van der Waals surface area contributed by atoms with Gasteiger partial charge in [0.1, 0.15) is 27.7 Å². The van der Waals surface area contributed by atoms with E-state index >= 15 is 0 Å². The van der Waals surface area contributed by atoms with Crippen molar-refractivity contribution in [3.8, 4) is 17.2 Å². The van der Waals surface area contributed by atoms with Gasteiger partial charge in [0.05, 0.1) is 19.6 Å². The molecule has 0 aliphatic heterocycles. The molecule has 0 aliphatic rings. The Morgan fingerprint density at radius 1 is 0.839 bits per heavy atom. The van der Waals surface area contributed by atoms with E-state index in [1.54, 1.807) is 20.3 Å². The molecular weight excluding hydrogens is 456 g/mol. The number of benzene rings is 3. The molecule has 3 aromatic carbocycles. The minimum atomic E-state index is 0.209. The zero-order valence-corrected chi connectivity index (χ0v) is 19.0. The van der Waals surface area contributed by atoms with Crippen LogP contribution in [0.2, 0.25) is 0 Å². The first-order chi connectivity index (χ1) is 15.1. The van der Waals surface area contributed by atoms with Gasteiger partial charge < -0.3 is 19.5 Å². The van der Waals surface area contributed by atoms with Crippen LogP contribution >= 0.6 is 15.9 Å². The highest BCUT2D eigenvalue weighted by atomic mass is 79.9. The van der Waals surface area contributed by atoms with E-state index in [0.29, 0.717) is 23.1 Å². The van der Waals surface area contributed by atoms with Crippen molar-refractivity contribution in [2.75, 3.05) is 19.1 Å². The van der Waals surface area contributed by atoms with Gasteiger partial charge in [-0.05, 0) is 68.8 Å². The number of aromatic nitrogens is 1. The first kappa shape index (κ1) is 21.0. The van der Waals surface area contributed by atoms with E-state index in [0.717, 1.165) is 33.8 Å². The fourth-order valence-corrected chi connectivity index (χ4v) is 4.13. The van der Waals surface area contributed by atoms with Crippen molar-refractivity contribution in [3.05, 3.63) is 88.5 Å². The lowest BCUT2D eigenvalue weighted by molar-refractivity contribution is 0.414. The van der Waals surface area contributed by atoms with Crippen molar-refractivity contribution in [2.24, 2.45) is 0 Å². The summed E-state index contributed by atoms with van der Waals surface area (Å²) in [7, 11) is 3.33. The number of fused-ring (bicyclic) bond motifs is 1. The van der Waals surface area contributed by atoms with Crippen LogP contribution in [0.25, 0.3) is 10.8 Å². The summed E-state index contributed by atoms with van der Waals surface area (Å²) >= 11 is 3.54. The molecule has 4 rings (SSSR count). The predicted molar refractivity (Wildman–Crippen MR) is 127 cm³/mol. The number of phenolic OH excluding ortho intramolecular Hbond substituents is 1. The smallest absolute Gasteiger partial charge is 0.131 e. The van der Waals surface area contributed by atoms with Gasteiger partial charge in [0, 0.05) is 13.1 Å². The van der Waals surface area contributed by atoms with Crippen LogP contribution in [0.5, 0.6) is 17.2 Å². The zero-order chi connectivity index (χ0) is 21.8. The number of phenols is 1. The van der Waals surface area contributed by atoms with Crippen LogP contribution in [0.15, 0.2) is 77.4 Å². The second-order valence-electron chi connectivity index (χ2n) is 7.20. The van der Waals surface area contributed by atoms with Gasteiger partial charge in [0.15, 0.2) is 0 Å². The molecule has 0 atom stereocenters. The molecule has 4 aromatic rings. The minimum absolute atomic E-state index is 0.209. The van der Waals surface area contributed by atoms with Crippen molar-refractivity contribution in [1.82, 2.24) is 4.98 Å². The van der Waals surface area contributed by atoms with Gasteiger partial charge in [-0.25, -0.2) is 4.98 Å². The molecule has 0 saturated carbocycles. The lowest BCUT2D eigenvalue weighted by Crippen LogP contribution is -2.23. The number of pyridine rings is 1. The maximum absolute atomic E-state index is 10.2. The van der Waals surface area contributed by atoms with Gasteiger partial charge in [-0.3, -0.25) is 0 Å². The zero-order valence-electron chi connectivity index (χ0n) is 17.4. The van der Waals surface area contributed by atoms with Crippen molar-refractivity contribution in [2.45, 2.75) is 13.1 Å². The average Bonchev–Trinajstić information content (AvgIpc) is 2.79. The SMILES string of the molecule is COc1ccc(CN(Cc2ccc(OC)cc2)c2cc3cccc(O)c3c(Br)n2)cc1. The number of hydrogen-bond acceptors (Lipinski definition) is 5. The summed E-state index contributed by atoms with van der Waals surface area (Å²) in [6.07, 6.45) is 0. The Morgan fingerprint density at radius 3 is 1.90 bits per heavy atom. The third-order valence-electron chi connectivity index (χ3n) is 5.17. The van der Waals surface area contributed by atoms with E-state index in [1.807, 2.05) is 42.5 Å². The maximum Gasteiger partial charge on any atom is 0.131 e. The van der Waals surface area contributed by atoms with E-state index in [9.17, 15) is 5.11 Å². The third-order valence-corrected chi connectivity index (χ3v) is 5.74. The molecule has 0 amide bonds. The lowest BCUT2D eigenvalue weighted by atomic mass is 10.1. The van der Waals surface area contributed by atoms with E-state index in [-0.39, 0.29) is 5.75 Å². The fraction of sp³-hybridized carbons (Fsp3) is 0.160. The maximum atomic E-state index is 10.2. The molecule has 1 aromatic heterocycles. The van der Waals surface area contributed by atoms with Crippen molar-refractivity contribution >= 4 is 32.5 Å². The molecular formula is C25H23BrN2O3. The van der Waals surface area contributed by atoms with Gasteiger partial charge in [0.2, 0.25) is 0 Å². The van der Waals surface area contributed by atoms with E-state index < -0.39 is 0 Å². The van der Waals surface area contributed by atoms with Crippen LogP contribution in [0.4, 0.5) is 5.82 Å². The second kappa shape index (κ2) is 9.27. The molecule has 0 saturated heterocycles. The summed E-state index contributed by atoms with van der Waals surface area (Å²) in [5, 5.41) is 11.9. The van der Waals surface area contributed by atoms with E-state index in [4.69, 9.17) is 14.5 Å². The van der Waals surface area contributed by atoms with Gasteiger partial charge in [-0.1, -0.05) is 36.4 Å². The monoisotopic (exact) mass is 478 g/mol. The largest absolute Gasteiger partial charge is 0.507 e. The Balaban J connectivity index is 1.72. The van der Waals surface area contributed by atoms with Crippen LogP contribution < -0.4 is 14.4 Å². The number of nitrogens with zero attached hydrogens (tertiary/aromatic N) is 2. The molecule has 1 N–H and O–H groups in total. The fourth-order valence-electron chi connectivity index (χ4n) is 3.51. The highest BCUT2D eigenvalue weighted by molar-refractivity contribution is 9.10. The first-order valence-electron chi connectivity index (χ1n) is 9.86. The molecule has 158 valence electrons. The number of aromatic hydroxyl groups is 1. The molecule has 31 heavy (non-hydrogen) atoms. The predicted octanol–water partition coefficient (Wildman–Crippen LogP) is 5.93. The molecule has 0 aliphatic carbocycles. The molecule has 5 nitrogen and oxygen atoms in total. The number of halogens is 1. The normalized spacial score (nSPS) is 10.8. The Kier molecular flexibility index (Phi) is 6.28. The number of ether oxygens (including phenoxy) is 2. The summed E-state index contributed by atoms with van der Waals surface area (Å²) < 4.78 is 11.2. The van der Waals surface area contributed by atoms with Gasteiger partial charge in [0.25, 0.3) is 0 Å². The highest BCUT2D eigenvalue weighted by Gasteiger charge is 2.15. The summed E-state index contributed by atoms with van der Waals surface area (Å²) in [5.41, 5.74) is 2.28. The van der Waals surface area contributed by atoms with Crippen LogP contribution in [0, 0.1) is 0 Å². The van der Waals surface area contributed by atoms with E-state index in [2.05, 4.69) is 45.1 Å². The molecule has 0 radical (unpaired) electrons. The molecule has 0 bridgehead atoms. The van der Waals surface area contributed by atoms with Gasteiger partial charge >= 0.3 is 0 Å². The number of anilines is 1. The van der Waals surface area contributed by atoms with Crippen LogP contribution in [0.1, 0.15) is 11.1 Å². The number of rotatable bonds is 7. The highest BCUT2D eigenvalue weighted by Crippen LogP contribution is 2.34. The summed E-state index contributed by atoms with van der Waals surface area (Å²) in [6, 6.07) is 23.6. The van der Waals surface area contributed by atoms with Crippen LogP contribution in [0.3, 0.4) is 0 Å². The molecule has 0 unspecified atom stereocenters. The molecule has 1 heterocycles. The third kappa shape index (κ3) is 4.75. The van der Waals surface area contributed by atoms with Crippen LogP contribution in [-0.4, -0.2) is 24.3 Å². The molecule has 0 spiro atoms. The van der Waals surface area contributed by atoms with Crippen molar-refractivity contribution < 1.29 is 14.6 Å². The summed E-state index contributed by atoms with van der Waals surface area (Å²) in [5.74, 6) is 2.68. The van der Waals surface area contributed by atoms with Crippen LogP contribution in [-0.2, 0) is 13.1 Å². The van der Waals surface area contributed by atoms with Gasteiger partial charge in [-0.2, -0.15) is 0 Å². The minimum Gasteiger partial charge on any atom is -0.507 e.